The maximum Gasteiger partial charge on any atom is 0.341 e. The summed E-state index contributed by atoms with van der Waals surface area (Å²) in [5.41, 5.74) is 4.24. The van der Waals surface area contributed by atoms with E-state index in [2.05, 4.69) is 57.2 Å². The molecule has 2 saturated heterocycles. The first-order chi connectivity index (χ1) is 16.0. The molecule has 0 aliphatic carbocycles. The van der Waals surface area contributed by atoms with Crippen LogP contribution in [0.3, 0.4) is 0 Å². The van der Waals surface area contributed by atoms with E-state index in [9.17, 15) is 14.7 Å². The van der Waals surface area contributed by atoms with Crippen LogP contribution in [0.2, 0.25) is 0 Å². The van der Waals surface area contributed by atoms with Crippen LogP contribution in [0.4, 0.5) is 5.69 Å². The molecule has 2 atom stereocenters. The Kier molecular flexibility index (Phi) is 5.77. The number of fused-ring (bicyclic) bond motifs is 1. The Morgan fingerprint density at radius 3 is 2.27 bits per heavy atom. The van der Waals surface area contributed by atoms with E-state index in [1.165, 1.54) is 17.3 Å². The van der Waals surface area contributed by atoms with Crippen molar-refractivity contribution in [2.24, 2.45) is 11.8 Å². The normalized spacial score (nSPS) is 20.2. The number of aryl methyl sites for hydroxylation is 1. The summed E-state index contributed by atoms with van der Waals surface area (Å²) in [5, 5.41) is 9.23. The monoisotopic (exact) mass is 443 g/mol. The lowest BCUT2D eigenvalue weighted by atomic mass is 10.0. The topological polar surface area (TPSA) is 76.6 Å². The van der Waals surface area contributed by atoms with Crippen LogP contribution in [-0.2, 0) is 13.0 Å². The number of carboxylic acid groups (broad SMARTS) is 1. The first-order valence-corrected chi connectivity index (χ1v) is 11.6. The average Bonchev–Trinajstić information content (AvgIpc) is 3.38. The number of H-pyrrole nitrogens is 1. The third-order valence-electron chi connectivity index (χ3n) is 7.07. The van der Waals surface area contributed by atoms with Gasteiger partial charge in [0.05, 0.1) is 5.69 Å². The molecule has 170 valence electrons. The van der Waals surface area contributed by atoms with E-state index in [0.29, 0.717) is 24.0 Å². The number of anilines is 1. The van der Waals surface area contributed by atoms with Gasteiger partial charge in [-0.05, 0) is 53.1 Å². The van der Waals surface area contributed by atoms with E-state index in [1.54, 1.807) is 0 Å². The highest BCUT2D eigenvalue weighted by Gasteiger charge is 2.39. The fourth-order valence-corrected chi connectivity index (χ4v) is 5.38. The van der Waals surface area contributed by atoms with Crippen molar-refractivity contribution in [2.75, 3.05) is 31.1 Å². The summed E-state index contributed by atoms with van der Waals surface area (Å²) in [7, 11) is 0. The predicted molar refractivity (Wildman–Crippen MR) is 130 cm³/mol. The number of hydrogen-bond donors (Lipinski definition) is 2. The zero-order valence-corrected chi connectivity index (χ0v) is 18.8. The SMILES string of the molecule is CCc1cc(C(=O)O)c(=O)[nH]c1-c1ccc(N2C[C@H]3CN(Cc4ccccc4)C[C@H]3C2)cc1. The number of aromatic nitrogens is 1. The predicted octanol–water partition coefficient (Wildman–Crippen LogP) is 3.87. The van der Waals surface area contributed by atoms with Gasteiger partial charge < -0.3 is 15.0 Å². The lowest BCUT2D eigenvalue weighted by Gasteiger charge is -2.23. The number of aromatic carboxylic acids is 1. The number of likely N-dealkylation sites (tertiary alicyclic amines) is 1. The molecule has 0 spiro atoms. The maximum atomic E-state index is 12.2. The second kappa shape index (κ2) is 8.87. The van der Waals surface area contributed by atoms with E-state index in [0.717, 1.165) is 43.9 Å². The summed E-state index contributed by atoms with van der Waals surface area (Å²) in [5.74, 6) is 0.190. The van der Waals surface area contributed by atoms with Crippen LogP contribution in [0.25, 0.3) is 11.3 Å². The first kappa shape index (κ1) is 21.5. The summed E-state index contributed by atoms with van der Waals surface area (Å²) in [6.07, 6.45) is 0.642. The number of nitrogens with one attached hydrogen (secondary N) is 1. The fourth-order valence-electron chi connectivity index (χ4n) is 5.38. The molecule has 2 aliphatic rings. The molecule has 2 fully saturated rings. The molecule has 2 aromatic carbocycles. The molecule has 6 nitrogen and oxygen atoms in total. The molecule has 2 aliphatic heterocycles. The maximum absolute atomic E-state index is 12.2. The van der Waals surface area contributed by atoms with E-state index in [1.807, 2.05) is 19.1 Å². The number of aromatic amines is 1. The molecule has 3 aromatic rings. The van der Waals surface area contributed by atoms with Crippen molar-refractivity contribution in [1.29, 1.82) is 0 Å². The number of rotatable bonds is 6. The van der Waals surface area contributed by atoms with Gasteiger partial charge in [-0.15, -0.1) is 0 Å². The van der Waals surface area contributed by atoms with E-state index >= 15 is 0 Å². The van der Waals surface area contributed by atoms with Gasteiger partial charge in [-0.2, -0.15) is 0 Å². The summed E-state index contributed by atoms with van der Waals surface area (Å²) in [6.45, 7) is 7.41. The highest BCUT2D eigenvalue weighted by Crippen LogP contribution is 2.35. The highest BCUT2D eigenvalue weighted by molar-refractivity contribution is 5.88. The minimum atomic E-state index is -1.20. The van der Waals surface area contributed by atoms with Gasteiger partial charge in [-0.1, -0.05) is 49.4 Å². The van der Waals surface area contributed by atoms with Gasteiger partial charge in [0.1, 0.15) is 5.56 Å². The number of hydrogen-bond acceptors (Lipinski definition) is 4. The van der Waals surface area contributed by atoms with Crippen LogP contribution in [0, 0.1) is 11.8 Å². The van der Waals surface area contributed by atoms with Gasteiger partial charge in [-0.3, -0.25) is 9.69 Å². The number of carbonyl (C=O) groups is 1. The average molecular weight is 444 g/mol. The Balaban J connectivity index is 1.27. The molecule has 33 heavy (non-hydrogen) atoms. The van der Waals surface area contributed by atoms with Gasteiger partial charge in [0.2, 0.25) is 0 Å². The van der Waals surface area contributed by atoms with Gasteiger partial charge >= 0.3 is 5.97 Å². The molecule has 0 amide bonds. The molecular weight excluding hydrogens is 414 g/mol. The Morgan fingerprint density at radius 1 is 1.00 bits per heavy atom. The number of benzene rings is 2. The van der Waals surface area contributed by atoms with Gasteiger partial charge in [0.25, 0.3) is 5.56 Å². The quantitative estimate of drug-likeness (QED) is 0.605. The Labute approximate surface area is 193 Å². The molecule has 3 heterocycles. The molecule has 0 radical (unpaired) electrons. The Hall–Kier alpha value is -3.38. The molecule has 2 N–H and O–H groups in total. The van der Waals surface area contributed by atoms with Gasteiger partial charge in [-0.25, -0.2) is 4.79 Å². The molecule has 0 unspecified atom stereocenters. The lowest BCUT2D eigenvalue weighted by molar-refractivity contribution is 0.0695. The molecule has 5 rings (SSSR count). The summed E-state index contributed by atoms with van der Waals surface area (Å²) < 4.78 is 0. The summed E-state index contributed by atoms with van der Waals surface area (Å²) in [6, 6.07) is 20.5. The zero-order valence-electron chi connectivity index (χ0n) is 18.8. The second-order valence-corrected chi connectivity index (χ2v) is 9.22. The van der Waals surface area contributed by atoms with Crippen molar-refractivity contribution < 1.29 is 9.90 Å². The van der Waals surface area contributed by atoms with Crippen LogP contribution in [0.15, 0.2) is 65.5 Å². The molecule has 6 heteroatoms. The van der Waals surface area contributed by atoms with Crippen LogP contribution >= 0.6 is 0 Å². The third-order valence-corrected chi connectivity index (χ3v) is 7.07. The molecule has 0 bridgehead atoms. The van der Waals surface area contributed by atoms with E-state index in [-0.39, 0.29) is 5.56 Å². The summed E-state index contributed by atoms with van der Waals surface area (Å²) in [4.78, 5) is 31.3. The highest BCUT2D eigenvalue weighted by atomic mass is 16.4. The van der Waals surface area contributed by atoms with Crippen molar-refractivity contribution in [2.45, 2.75) is 19.9 Å². The second-order valence-electron chi connectivity index (χ2n) is 9.22. The standard InChI is InChI=1S/C27H29N3O3/c1-2-19-12-24(27(32)33)26(31)28-25(19)20-8-10-23(11-9-20)30-16-21-14-29(15-22(21)17-30)13-18-6-4-3-5-7-18/h3-12,21-22H,2,13-17H2,1H3,(H,28,31)(H,32,33)/t21-,22+. The van der Waals surface area contributed by atoms with Crippen LogP contribution in [-0.4, -0.2) is 47.1 Å². The number of nitrogens with zero attached hydrogens (tertiary/aromatic N) is 2. The van der Waals surface area contributed by atoms with Crippen molar-refractivity contribution in [3.8, 4) is 11.3 Å². The van der Waals surface area contributed by atoms with Gasteiger partial charge in [0.15, 0.2) is 0 Å². The smallest absolute Gasteiger partial charge is 0.341 e. The number of carboxylic acids is 1. The Morgan fingerprint density at radius 2 is 1.67 bits per heavy atom. The largest absolute Gasteiger partial charge is 0.477 e. The number of pyridine rings is 1. The van der Waals surface area contributed by atoms with Crippen molar-refractivity contribution >= 4 is 11.7 Å². The van der Waals surface area contributed by atoms with Crippen molar-refractivity contribution in [3.05, 3.63) is 87.7 Å². The van der Waals surface area contributed by atoms with Crippen LogP contribution in [0.1, 0.15) is 28.4 Å². The Bertz CT molecular complexity index is 1190. The summed E-state index contributed by atoms with van der Waals surface area (Å²) >= 11 is 0. The molecular formula is C27H29N3O3. The minimum Gasteiger partial charge on any atom is -0.477 e. The van der Waals surface area contributed by atoms with Crippen molar-refractivity contribution in [1.82, 2.24) is 9.88 Å². The van der Waals surface area contributed by atoms with Crippen LogP contribution in [0.5, 0.6) is 0 Å². The molecule has 1 aromatic heterocycles. The molecule has 0 saturated carbocycles. The van der Waals surface area contributed by atoms with E-state index in [4.69, 9.17) is 0 Å². The minimum absolute atomic E-state index is 0.211. The first-order valence-electron chi connectivity index (χ1n) is 11.6. The fraction of sp³-hybridized carbons (Fsp3) is 0.333. The lowest BCUT2D eigenvalue weighted by Crippen LogP contribution is -2.28. The van der Waals surface area contributed by atoms with Crippen molar-refractivity contribution in [3.63, 3.8) is 0 Å². The van der Waals surface area contributed by atoms with Gasteiger partial charge in [0, 0.05) is 38.4 Å². The third kappa shape index (κ3) is 4.31. The van der Waals surface area contributed by atoms with Crippen LogP contribution < -0.4 is 10.5 Å². The zero-order chi connectivity index (χ0) is 22.9. The van der Waals surface area contributed by atoms with E-state index < -0.39 is 11.5 Å².